The molecule has 3 heteroatoms. The molecule has 0 spiro atoms. The van der Waals surface area contributed by atoms with Gasteiger partial charge in [0.2, 0.25) is 0 Å². The van der Waals surface area contributed by atoms with Crippen LogP contribution in [0, 0.1) is 5.82 Å². The van der Waals surface area contributed by atoms with Gasteiger partial charge in [0.05, 0.1) is 17.6 Å². The van der Waals surface area contributed by atoms with Gasteiger partial charge in [-0.05, 0) is 37.1 Å². The number of halogens is 1. The summed E-state index contributed by atoms with van der Waals surface area (Å²) in [5.41, 5.74) is 2.68. The summed E-state index contributed by atoms with van der Waals surface area (Å²) in [7, 11) is 0. The normalized spacial score (nSPS) is 10.5. The number of aromatic nitrogens is 2. The van der Waals surface area contributed by atoms with Crippen molar-refractivity contribution < 1.29 is 4.39 Å². The summed E-state index contributed by atoms with van der Waals surface area (Å²) >= 11 is 0. The van der Waals surface area contributed by atoms with Gasteiger partial charge in [0.15, 0.2) is 0 Å². The summed E-state index contributed by atoms with van der Waals surface area (Å²) in [6, 6.07) is 6.29. The predicted molar refractivity (Wildman–Crippen MR) is 66.0 cm³/mol. The van der Waals surface area contributed by atoms with Crippen molar-refractivity contribution in [3.8, 4) is 11.3 Å². The van der Waals surface area contributed by atoms with Crippen LogP contribution in [0.1, 0.15) is 25.5 Å². The average molecular weight is 230 g/mol. The minimum Gasteiger partial charge on any atom is -0.257 e. The summed E-state index contributed by atoms with van der Waals surface area (Å²) in [5, 5.41) is 0. The van der Waals surface area contributed by atoms with E-state index >= 15 is 0 Å². The zero-order valence-corrected chi connectivity index (χ0v) is 9.86. The molecule has 2 rings (SSSR count). The SMILES string of the molecule is CCCCc1cnc(-c2ccc(F)cc2)cn1. The molecule has 1 heterocycles. The van der Waals surface area contributed by atoms with Crippen molar-refractivity contribution in [2.45, 2.75) is 26.2 Å². The van der Waals surface area contributed by atoms with Crippen LogP contribution in [0.25, 0.3) is 11.3 Å². The minimum atomic E-state index is -0.235. The first-order valence-corrected chi connectivity index (χ1v) is 5.86. The van der Waals surface area contributed by atoms with E-state index < -0.39 is 0 Å². The molecule has 1 aromatic carbocycles. The Kier molecular flexibility index (Phi) is 3.81. The van der Waals surface area contributed by atoms with E-state index in [0.717, 1.165) is 36.2 Å². The average Bonchev–Trinajstić information content (AvgIpc) is 2.38. The van der Waals surface area contributed by atoms with Crippen LogP contribution < -0.4 is 0 Å². The molecule has 2 aromatic rings. The standard InChI is InChI=1S/C14H15FN2/c1-2-3-4-13-9-17-14(10-16-13)11-5-7-12(15)8-6-11/h5-10H,2-4H2,1H3. The van der Waals surface area contributed by atoms with E-state index in [-0.39, 0.29) is 5.82 Å². The maximum absolute atomic E-state index is 12.8. The molecule has 0 aliphatic heterocycles. The second-order valence-corrected chi connectivity index (χ2v) is 4.00. The molecular formula is C14H15FN2. The van der Waals surface area contributed by atoms with E-state index in [9.17, 15) is 4.39 Å². The second-order valence-electron chi connectivity index (χ2n) is 4.00. The highest BCUT2D eigenvalue weighted by Gasteiger charge is 2.01. The molecule has 2 nitrogen and oxygen atoms in total. The van der Waals surface area contributed by atoms with Crippen LogP contribution in [0.3, 0.4) is 0 Å². The first kappa shape index (κ1) is 11.7. The van der Waals surface area contributed by atoms with Gasteiger partial charge >= 0.3 is 0 Å². The number of nitrogens with zero attached hydrogens (tertiary/aromatic N) is 2. The van der Waals surface area contributed by atoms with Gasteiger partial charge in [-0.2, -0.15) is 0 Å². The Balaban J connectivity index is 2.14. The van der Waals surface area contributed by atoms with E-state index in [1.165, 1.54) is 12.1 Å². The summed E-state index contributed by atoms with van der Waals surface area (Å²) < 4.78 is 12.8. The number of benzene rings is 1. The first-order valence-electron chi connectivity index (χ1n) is 5.86. The monoisotopic (exact) mass is 230 g/mol. The highest BCUT2D eigenvalue weighted by molar-refractivity contribution is 5.57. The van der Waals surface area contributed by atoms with Crippen molar-refractivity contribution in [2.75, 3.05) is 0 Å². The van der Waals surface area contributed by atoms with Crippen LogP contribution in [0.2, 0.25) is 0 Å². The van der Waals surface area contributed by atoms with E-state index in [1.807, 2.05) is 0 Å². The molecule has 0 aliphatic carbocycles. The Morgan fingerprint density at radius 2 is 1.82 bits per heavy atom. The lowest BCUT2D eigenvalue weighted by molar-refractivity contribution is 0.628. The highest BCUT2D eigenvalue weighted by atomic mass is 19.1. The third kappa shape index (κ3) is 3.09. The molecular weight excluding hydrogens is 215 g/mol. The maximum atomic E-state index is 12.8. The lowest BCUT2D eigenvalue weighted by Gasteiger charge is -2.02. The summed E-state index contributed by atoms with van der Waals surface area (Å²) in [6.45, 7) is 2.15. The third-order valence-electron chi connectivity index (χ3n) is 2.63. The molecule has 0 aliphatic rings. The van der Waals surface area contributed by atoms with Gasteiger partial charge in [0.25, 0.3) is 0 Å². The number of rotatable bonds is 4. The zero-order chi connectivity index (χ0) is 12.1. The molecule has 0 saturated carbocycles. The second kappa shape index (κ2) is 5.53. The highest BCUT2D eigenvalue weighted by Crippen LogP contribution is 2.16. The zero-order valence-electron chi connectivity index (χ0n) is 9.86. The fraction of sp³-hybridized carbons (Fsp3) is 0.286. The summed E-state index contributed by atoms with van der Waals surface area (Å²) in [6.07, 6.45) is 6.80. The van der Waals surface area contributed by atoms with Gasteiger partial charge in [-0.1, -0.05) is 13.3 Å². The van der Waals surface area contributed by atoms with Crippen LogP contribution in [0.5, 0.6) is 0 Å². The Morgan fingerprint density at radius 3 is 2.41 bits per heavy atom. The molecule has 0 radical (unpaired) electrons. The Bertz CT molecular complexity index is 463. The van der Waals surface area contributed by atoms with E-state index in [0.29, 0.717) is 0 Å². The third-order valence-corrected chi connectivity index (χ3v) is 2.63. The number of unbranched alkanes of at least 4 members (excludes halogenated alkanes) is 1. The van der Waals surface area contributed by atoms with Crippen LogP contribution >= 0.6 is 0 Å². The van der Waals surface area contributed by atoms with Crippen LogP contribution in [-0.4, -0.2) is 9.97 Å². The van der Waals surface area contributed by atoms with Crippen molar-refractivity contribution in [1.29, 1.82) is 0 Å². The number of aryl methyl sites for hydroxylation is 1. The molecule has 0 unspecified atom stereocenters. The quantitative estimate of drug-likeness (QED) is 0.801. The minimum absolute atomic E-state index is 0.235. The molecule has 1 aromatic heterocycles. The van der Waals surface area contributed by atoms with Crippen molar-refractivity contribution in [2.24, 2.45) is 0 Å². The lowest BCUT2D eigenvalue weighted by Crippen LogP contribution is -1.93. The van der Waals surface area contributed by atoms with Crippen LogP contribution in [-0.2, 0) is 6.42 Å². The molecule has 0 saturated heterocycles. The van der Waals surface area contributed by atoms with E-state index in [4.69, 9.17) is 0 Å². The summed E-state index contributed by atoms with van der Waals surface area (Å²) in [4.78, 5) is 8.71. The number of hydrogen-bond acceptors (Lipinski definition) is 2. The predicted octanol–water partition coefficient (Wildman–Crippen LogP) is 3.63. The smallest absolute Gasteiger partial charge is 0.123 e. The number of hydrogen-bond donors (Lipinski definition) is 0. The van der Waals surface area contributed by atoms with E-state index in [2.05, 4.69) is 16.9 Å². The summed E-state index contributed by atoms with van der Waals surface area (Å²) in [5.74, 6) is -0.235. The molecule has 0 amide bonds. The maximum Gasteiger partial charge on any atom is 0.123 e. The molecule has 17 heavy (non-hydrogen) atoms. The Hall–Kier alpha value is -1.77. The van der Waals surface area contributed by atoms with Crippen LogP contribution in [0.15, 0.2) is 36.7 Å². The molecule has 88 valence electrons. The van der Waals surface area contributed by atoms with Gasteiger partial charge in [-0.3, -0.25) is 9.97 Å². The van der Waals surface area contributed by atoms with Gasteiger partial charge in [-0.15, -0.1) is 0 Å². The van der Waals surface area contributed by atoms with Crippen molar-refractivity contribution in [3.05, 3.63) is 48.2 Å². The molecule has 0 bridgehead atoms. The van der Waals surface area contributed by atoms with Crippen LogP contribution in [0.4, 0.5) is 4.39 Å². The van der Waals surface area contributed by atoms with E-state index in [1.54, 1.807) is 24.5 Å². The fourth-order valence-corrected chi connectivity index (χ4v) is 1.61. The van der Waals surface area contributed by atoms with Crippen molar-refractivity contribution >= 4 is 0 Å². The van der Waals surface area contributed by atoms with Gasteiger partial charge in [0.1, 0.15) is 5.82 Å². The molecule has 0 fully saturated rings. The largest absolute Gasteiger partial charge is 0.257 e. The van der Waals surface area contributed by atoms with Crippen molar-refractivity contribution in [3.63, 3.8) is 0 Å². The van der Waals surface area contributed by atoms with Gasteiger partial charge < -0.3 is 0 Å². The topological polar surface area (TPSA) is 25.8 Å². The lowest BCUT2D eigenvalue weighted by atomic mass is 10.1. The van der Waals surface area contributed by atoms with Gasteiger partial charge in [-0.25, -0.2) is 4.39 Å². The molecule has 0 atom stereocenters. The Labute approximate surface area is 101 Å². The fourth-order valence-electron chi connectivity index (χ4n) is 1.61. The van der Waals surface area contributed by atoms with Crippen molar-refractivity contribution in [1.82, 2.24) is 9.97 Å². The molecule has 0 N–H and O–H groups in total. The Morgan fingerprint density at radius 1 is 1.06 bits per heavy atom. The first-order chi connectivity index (χ1) is 8.29. The van der Waals surface area contributed by atoms with Gasteiger partial charge in [0, 0.05) is 11.8 Å².